The summed E-state index contributed by atoms with van der Waals surface area (Å²) in [6.45, 7) is 4.05. The fourth-order valence-electron chi connectivity index (χ4n) is 0.805. The van der Waals surface area contributed by atoms with Crippen LogP contribution in [0.15, 0.2) is 27.6 Å². The van der Waals surface area contributed by atoms with E-state index in [4.69, 9.17) is 5.14 Å². The summed E-state index contributed by atoms with van der Waals surface area (Å²) in [6.07, 6.45) is 3.35. The molecule has 1 aliphatic rings. The Hall–Kier alpha value is -0.610. The van der Waals surface area contributed by atoms with E-state index in [2.05, 4.69) is 4.36 Å². The van der Waals surface area contributed by atoms with Crippen molar-refractivity contribution < 1.29 is 4.21 Å². The van der Waals surface area contributed by atoms with Crippen LogP contribution in [0.25, 0.3) is 0 Å². The van der Waals surface area contributed by atoms with Crippen molar-refractivity contribution in [1.82, 2.24) is 0 Å². The molecule has 1 unspecified atom stereocenters. The van der Waals surface area contributed by atoms with E-state index in [1.54, 1.807) is 0 Å². The van der Waals surface area contributed by atoms with Gasteiger partial charge in [0.05, 0.1) is 0 Å². The van der Waals surface area contributed by atoms with Crippen molar-refractivity contribution in [2.45, 2.75) is 13.8 Å². The van der Waals surface area contributed by atoms with Gasteiger partial charge in [-0.3, -0.25) is 0 Å². The molecule has 1 aliphatic heterocycles. The molecule has 0 amide bonds. The lowest BCUT2D eigenvalue weighted by molar-refractivity contribution is 0.682. The average Bonchev–Trinajstić information content (AvgIpc) is 1.85. The zero-order valence-corrected chi connectivity index (χ0v) is 7.47. The lowest BCUT2D eigenvalue weighted by Gasteiger charge is -2.09. The Labute approximate surface area is 67.3 Å². The highest BCUT2D eigenvalue weighted by molar-refractivity contribution is 7.94. The molecular formula is C7H12N2OS. The number of nitrogens with zero attached hydrogens (tertiary/aromatic N) is 1. The number of allylic oxidation sites excluding steroid dienone is 2. The van der Waals surface area contributed by atoms with Gasteiger partial charge in [0.1, 0.15) is 9.92 Å². The molecule has 4 heteroatoms. The van der Waals surface area contributed by atoms with Crippen LogP contribution in [0.5, 0.6) is 0 Å². The second-order valence-corrected chi connectivity index (χ2v) is 4.48. The van der Waals surface area contributed by atoms with E-state index in [0.717, 1.165) is 5.57 Å². The third kappa shape index (κ3) is 2.17. The van der Waals surface area contributed by atoms with Gasteiger partial charge in [-0.2, -0.15) is 4.36 Å². The molecule has 1 atom stereocenters. The van der Waals surface area contributed by atoms with E-state index in [9.17, 15) is 4.21 Å². The van der Waals surface area contributed by atoms with E-state index in [1.165, 1.54) is 11.6 Å². The number of rotatable bonds is 1. The summed E-state index contributed by atoms with van der Waals surface area (Å²) < 4.78 is 14.8. The molecule has 1 rings (SSSR count). The topological polar surface area (TPSA) is 55.5 Å². The van der Waals surface area contributed by atoms with Gasteiger partial charge < -0.3 is 0 Å². The third-order valence-electron chi connectivity index (χ3n) is 1.46. The maximum absolute atomic E-state index is 11.2. The van der Waals surface area contributed by atoms with Crippen LogP contribution in [-0.4, -0.2) is 4.21 Å². The largest absolute Gasteiger partial charge is 0.241 e. The Morgan fingerprint density at radius 3 is 2.64 bits per heavy atom. The molecule has 0 saturated heterocycles. The van der Waals surface area contributed by atoms with Gasteiger partial charge in [-0.1, -0.05) is 13.8 Å². The van der Waals surface area contributed by atoms with Crippen molar-refractivity contribution in [1.29, 1.82) is 0 Å². The maximum atomic E-state index is 11.2. The van der Waals surface area contributed by atoms with Crippen molar-refractivity contribution >= 4 is 9.92 Å². The number of hydrogen-bond donors (Lipinski definition) is 1. The molecule has 0 aromatic heterocycles. The van der Waals surface area contributed by atoms with Crippen molar-refractivity contribution in [3.8, 4) is 0 Å². The van der Waals surface area contributed by atoms with Gasteiger partial charge in [-0.25, -0.2) is 9.35 Å². The summed E-state index contributed by atoms with van der Waals surface area (Å²) in [5, 5.41) is 6.88. The normalized spacial score (nSPS) is 30.0. The molecule has 0 saturated carbocycles. The second-order valence-electron chi connectivity index (χ2n) is 2.81. The molecule has 1 heterocycles. The quantitative estimate of drug-likeness (QED) is 0.638. The molecule has 0 aliphatic carbocycles. The maximum Gasteiger partial charge on any atom is 0.132 e. The predicted molar refractivity (Wildman–Crippen MR) is 46.8 cm³/mol. The molecule has 0 fully saturated rings. The molecule has 62 valence electrons. The number of nitrogens with two attached hydrogens (primary N) is 1. The van der Waals surface area contributed by atoms with Crippen LogP contribution < -0.4 is 5.14 Å². The Kier molecular flexibility index (Phi) is 2.15. The van der Waals surface area contributed by atoms with Crippen LogP contribution in [-0.2, 0) is 9.92 Å². The standard InChI is InChI=1S/C7H12N2OS/c1-6(2)7-3-4-9-11(8,10)5-7/h3-6H,1-2H3,(H2,8,9,10). The molecule has 0 spiro atoms. The van der Waals surface area contributed by atoms with Crippen molar-refractivity contribution in [2.75, 3.05) is 0 Å². The molecule has 0 aromatic rings. The Bertz CT molecular complexity index is 319. The summed E-state index contributed by atoms with van der Waals surface area (Å²) in [5.41, 5.74) is 0.993. The van der Waals surface area contributed by atoms with Gasteiger partial charge in [0.25, 0.3) is 0 Å². The highest BCUT2D eigenvalue weighted by Crippen LogP contribution is 2.15. The van der Waals surface area contributed by atoms with Crippen LogP contribution in [0.4, 0.5) is 0 Å². The van der Waals surface area contributed by atoms with E-state index < -0.39 is 9.92 Å². The first-order valence-corrected chi connectivity index (χ1v) is 5.07. The summed E-state index contributed by atoms with van der Waals surface area (Å²) in [6, 6.07) is 0. The molecule has 0 aromatic carbocycles. The molecular weight excluding hydrogens is 160 g/mol. The first-order chi connectivity index (χ1) is 5.01. The van der Waals surface area contributed by atoms with E-state index in [1.807, 2.05) is 19.9 Å². The van der Waals surface area contributed by atoms with Gasteiger partial charge >= 0.3 is 0 Å². The number of hydrogen-bond acceptors (Lipinski definition) is 2. The van der Waals surface area contributed by atoms with Gasteiger partial charge in [-0.15, -0.1) is 0 Å². The van der Waals surface area contributed by atoms with E-state index in [-0.39, 0.29) is 0 Å². The van der Waals surface area contributed by atoms with Crippen LogP contribution in [0.2, 0.25) is 0 Å². The third-order valence-corrected chi connectivity index (χ3v) is 2.53. The Morgan fingerprint density at radius 1 is 1.64 bits per heavy atom. The van der Waals surface area contributed by atoms with Gasteiger partial charge in [0.2, 0.25) is 0 Å². The smallest absolute Gasteiger partial charge is 0.132 e. The van der Waals surface area contributed by atoms with Crippen molar-refractivity contribution in [3.05, 3.63) is 23.3 Å². The fraction of sp³-hybridized carbons (Fsp3) is 0.429. The lowest BCUT2D eigenvalue weighted by Crippen LogP contribution is -2.11. The van der Waals surface area contributed by atoms with Crippen molar-refractivity contribution in [3.63, 3.8) is 0 Å². The van der Waals surface area contributed by atoms with Crippen LogP contribution in [0.1, 0.15) is 13.8 Å². The zero-order chi connectivity index (χ0) is 8.48. The first-order valence-electron chi connectivity index (χ1n) is 3.43. The predicted octanol–water partition coefficient (Wildman–Crippen LogP) is 1.40. The summed E-state index contributed by atoms with van der Waals surface area (Å²) in [4.78, 5) is 0. The summed E-state index contributed by atoms with van der Waals surface area (Å²) in [5.74, 6) is 0.353. The van der Waals surface area contributed by atoms with Gasteiger partial charge in [0.15, 0.2) is 0 Å². The molecule has 11 heavy (non-hydrogen) atoms. The highest BCUT2D eigenvalue weighted by Gasteiger charge is 2.06. The van der Waals surface area contributed by atoms with Crippen LogP contribution in [0.3, 0.4) is 0 Å². The first kappa shape index (κ1) is 8.49. The second kappa shape index (κ2) is 2.79. The average molecular weight is 172 g/mol. The SMILES string of the molecule is CC(C)C1=CS(N)(=O)=NC=C1. The fourth-order valence-corrected chi connectivity index (χ4v) is 1.86. The highest BCUT2D eigenvalue weighted by atomic mass is 32.2. The monoisotopic (exact) mass is 172 g/mol. The van der Waals surface area contributed by atoms with Crippen molar-refractivity contribution in [2.24, 2.45) is 15.4 Å². The minimum Gasteiger partial charge on any atom is -0.241 e. The molecule has 2 N–H and O–H groups in total. The van der Waals surface area contributed by atoms with Gasteiger partial charge in [-0.05, 0) is 17.6 Å². The van der Waals surface area contributed by atoms with E-state index in [0.29, 0.717) is 5.92 Å². The lowest BCUT2D eigenvalue weighted by atomic mass is 10.1. The summed E-state index contributed by atoms with van der Waals surface area (Å²) in [7, 11) is -2.55. The molecule has 3 nitrogen and oxygen atoms in total. The zero-order valence-electron chi connectivity index (χ0n) is 6.65. The summed E-state index contributed by atoms with van der Waals surface area (Å²) >= 11 is 0. The minimum absolute atomic E-state index is 0.353. The van der Waals surface area contributed by atoms with Crippen LogP contribution in [0, 0.1) is 5.92 Å². The van der Waals surface area contributed by atoms with Gasteiger partial charge in [0, 0.05) is 11.6 Å². The minimum atomic E-state index is -2.55. The van der Waals surface area contributed by atoms with Crippen LogP contribution >= 0.6 is 0 Å². The molecule has 0 radical (unpaired) electrons. The Balaban J connectivity index is 3.08. The molecule has 0 bridgehead atoms. The Morgan fingerprint density at radius 2 is 2.27 bits per heavy atom. The van der Waals surface area contributed by atoms with E-state index >= 15 is 0 Å².